The van der Waals surface area contributed by atoms with Crippen molar-refractivity contribution in [2.45, 2.75) is 52.0 Å². The van der Waals surface area contributed by atoms with E-state index in [1.54, 1.807) is 0 Å². The van der Waals surface area contributed by atoms with E-state index in [9.17, 15) is 0 Å². The number of hydrogen-bond acceptors (Lipinski definition) is 1. The van der Waals surface area contributed by atoms with Crippen LogP contribution in [0.3, 0.4) is 0 Å². The molecule has 0 saturated heterocycles. The van der Waals surface area contributed by atoms with Crippen LogP contribution in [0.1, 0.15) is 46.0 Å². The molecule has 0 aromatic carbocycles. The van der Waals surface area contributed by atoms with Gasteiger partial charge in [0.05, 0.1) is 0 Å². The predicted octanol–water partition coefficient (Wildman–Crippen LogP) is 3.71. The standard InChI is InChI=1S/C14H27N/c1-5-7-8-15(4)14-10-12(3)9-13(6-2)11-14/h5,12-14H,1,6-11H2,2-4H3. The molecule has 1 saturated carbocycles. The highest BCUT2D eigenvalue weighted by molar-refractivity contribution is 4.82. The van der Waals surface area contributed by atoms with Crippen LogP contribution in [-0.4, -0.2) is 24.5 Å². The fraction of sp³-hybridized carbons (Fsp3) is 0.857. The summed E-state index contributed by atoms with van der Waals surface area (Å²) in [6, 6.07) is 0.818. The van der Waals surface area contributed by atoms with Gasteiger partial charge in [-0.05, 0) is 44.6 Å². The smallest absolute Gasteiger partial charge is 0.00975 e. The molecule has 0 radical (unpaired) electrons. The van der Waals surface area contributed by atoms with Crippen LogP contribution >= 0.6 is 0 Å². The van der Waals surface area contributed by atoms with Crippen molar-refractivity contribution in [1.29, 1.82) is 0 Å². The Morgan fingerprint density at radius 2 is 2.07 bits per heavy atom. The fourth-order valence-electron chi connectivity index (χ4n) is 2.88. The van der Waals surface area contributed by atoms with E-state index in [1.807, 2.05) is 6.08 Å². The Hall–Kier alpha value is -0.300. The van der Waals surface area contributed by atoms with Gasteiger partial charge in [-0.15, -0.1) is 6.58 Å². The lowest BCUT2D eigenvalue weighted by Crippen LogP contribution is -2.38. The molecule has 3 unspecified atom stereocenters. The Balaban J connectivity index is 2.42. The van der Waals surface area contributed by atoms with E-state index in [-0.39, 0.29) is 0 Å². The molecule has 0 heterocycles. The van der Waals surface area contributed by atoms with Gasteiger partial charge in [0.1, 0.15) is 0 Å². The summed E-state index contributed by atoms with van der Waals surface area (Å²) in [5, 5.41) is 0. The minimum atomic E-state index is 0.818. The third-order valence-corrected chi connectivity index (χ3v) is 3.90. The summed E-state index contributed by atoms with van der Waals surface area (Å²) in [7, 11) is 2.28. The Bertz CT molecular complexity index is 188. The first kappa shape index (κ1) is 12.8. The third-order valence-electron chi connectivity index (χ3n) is 3.90. The van der Waals surface area contributed by atoms with Crippen molar-refractivity contribution >= 4 is 0 Å². The lowest BCUT2D eigenvalue weighted by molar-refractivity contribution is 0.127. The zero-order valence-corrected chi connectivity index (χ0v) is 10.7. The number of nitrogens with zero attached hydrogens (tertiary/aromatic N) is 1. The first-order valence-electron chi connectivity index (χ1n) is 6.48. The Labute approximate surface area is 95.5 Å². The van der Waals surface area contributed by atoms with Crippen LogP contribution in [0.25, 0.3) is 0 Å². The van der Waals surface area contributed by atoms with Crippen LogP contribution in [0.4, 0.5) is 0 Å². The molecule has 0 amide bonds. The van der Waals surface area contributed by atoms with Gasteiger partial charge in [-0.2, -0.15) is 0 Å². The molecule has 0 aromatic heterocycles. The highest BCUT2D eigenvalue weighted by atomic mass is 15.1. The van der Waals surface area contributed by atoms with Gasteiger partial charge in [-0.25, -0.2) is 0 Å². The SMILES string of the molecule is C=CCCN(C)C1CC(C)CC(CC)C1. The van der Waals surface area contributed by atoms with E-state index in [4.69, 9.17) is 0 Å². The second-order valence-corrected chi connectivity index (χ2v) is 5.30. The summed E-state index contributed by atoms with van der Waals surface area (Å²) in [5.74, 6) is 1.88. The van der Waals surface area contributed by atoms with Crippen molar-refractivity contribution in [2.24, 2.45) is 11.8 Å². The van der Waals surface area contributed by atoms with Gasteiger partial charge in [0, 0.05) is 12.6 Å². The van der Waals surface area contributed by atoms with E-state index in [0.29, 0.717) is 0 Å². The first-order valence-corrected chi connectivity index (χ1v) is 6.48. The number of hydrogen-bond donors (Lipinski definition) is 0. The summed E-state index contributed by atoms with van der Waals surface area (Å²) in [6.07, 6.45) is 8.76. The molecule has 1 aliphatic rings. The molecule has 1 nitrogen and oxygen atoms in total. The molecule has 0 aromatic rings. The largest absolute Gasteiger partial charge is 0.303 e. The fourth-order valence-corrected chi connectivity index (χ4v) is 2.88. The summed E-state index contributed by atoms with van der Waals surface area (Å²) in [5.41, 5.74) is 0. The van der Waals surface area contributed by atoms with Crippen molar-refractivity contribution in [3.8, 4) is 0 Å². The number of rotatable bonds is 5. The van der Waals surface area contributed by atoms with Gasteiger partial charge in [-0.3, -0.25) is 0 Å². The monoisotopic (exact) mass is 209 g/mol. The van der Waals surface area contributed by atoms with Crippen molar-refractivity contribution in [3.63, 3.8) is 0 Å². The van der Waals surface area contributed by atoms with Crippen LogP contribution in [0.2, 0.25) is 0 Å². The van der Waals surface area contributed by atoms with Crippen molar-refractivity contribution in [3.05, 3.63) is 12.7 Å². The molecule has 0 spiro atoms. The first-order chi connectivity index (χ1) is 7.17. The lowest BCUT2D eigenvalue weighted by atomic mass is 9.78. The van der Waals surface area contributed by atoms with Crippen molar-refractivity contribution in [2.75, 3.05) is 13.6 Å². The maximum atomic E-state index is 3.80. The van der Waals surface area contributed by atoms with Crippen LogP contribution < -0.4 is 0 Å². The van der Waals surface area contributed by atoms with E-state index in [0.717, 1.165) is 24.3 Å². The zero-order chi connectivity index (χ0) is 11.3. The van der Waals surface area contributed by atoms with Gasteiger partial charge in [0.2, 0.25) is 0 Å². The highest BCUT2D eigenvalue weighted by Gasteiger charge is 2.27. The molecular formula is C14H27N. The van der Waals surface area contributed by atoms with Crippen LogP contribution in [0, 0.1) is 11.8 Å². The van der Waals surface area contributed by atoms with Gasteiger partial charge < -0.3 is 4.90 Å². The third kappa shape index (κ3) is 3.98. The van der Waals surface area contributed by atoms with Gasteiger partial charge in [0.25, 0.3) is 0 Å². The highest BCUT2D eigenvalue weighted by Crippen LogP contribution is 2.33. The Morgan fingerprint density at radius 1 is 1.33 bits per heavy atom. The molecule has 0 aliphatic heterocycles. The molecule has 1 aliphatic carbocycles. The zero-order valence-electron chi connectivity index (χ0n) is 10.7. The topological polar surface area (TPSA) is 3.24 Å². The quantitative estimate of drug-likeness (QED) is 0.624. The molecule has 15 heavy (non-hydrogen) atoms. The van der Waals surface area contributed by atoms with Gasteiger partial charge in [0.15, 0.2) is 0 Å². The minimum absolute atomic E-state index is 0.818. The molecule has 88 valence electrons. The van der Waals surface area contributed by atoms with E-state index in [2.05, 4.69) is 32.4 Å². The molecule has 0 bridgehead atoms. The normalized spacial score (nSPS) is 31.9. The molecule has 1 heteroatoms. The minimum Gasteiger partial charge on any atom is -0.303 e. The van der Waals surface area contributed by atoms with Crippen LogP contribution in [0.15, 0.2) is 12.7 Å². The van der Waals surface area contributed by atoms with E-state index in [1.165, 1.54) is 32.2 Å². The molecule has 3 atom stereocenters. The van der Waals surface area contributed by atoms with Crippen molar-refractivity contribution in [1.82, 2.24) is 4.90 Å². The average molecular weight is 209 g/mol. The predicted molar refractivity (Wildman–Crippen MR) is 68.0 cm³/mol. The van der Waals surface area contributed by atoms with E-state index >= 15 is 0 Å². The average Bonchev–Trinajstić information content (AvgIpc) is 2.24. The summed E-state index contributed by atoms with van der Waals surface area (Å²) in [6.45, 7) is 9.72. The summed E-state index contributed by atoms with van der Waals surface area (Å²) >= 11 is 0. The van der Waals surface area contributed by atoms with Crippen LogP contribution in [-0.2, 0) is 0 Å². The Morgan fingerprint density at radius 3 is 2.67 bits per heavy atom. The molecule has 0 N–H and O–H groups in total. The second-order valence-electron chi connectivity index (χ2n) is 5.30. The Kier molecular flexibility index (Phi) is 5.38. The summed E-state index contributed by atoms with van der Waals surface area (Å²) < 4.78 is 0. The molecular weight excluding hydrogens is 182 g/mol. The maximum absolute atomic E-state index is 3.80. The molecule has 1 rings (SSSR count). The summed E-state index contributed by atoms with van der Waals surface area (Å²) in [4.78, 5) is 2.54. The van der Waals surface area contributed by atoms with Crippen LogP contribution in [0.5, 0.6) is 0 Å². The lowest BCUT2D eigenvalue weighted by Gasteiger charge is -2.38. The van der Waals surface area contributed by atoms with Gasteiger partial charge >= 0.3 is 0 Å². The maximum Gasteiger partial charge on any atom is 0.00975 e. The van der Waals surface area contributed by atoms with Crippen molar-refractivity contribution < 1.29 is 0 Å². The molecule has 1 fully saturated rings. The van der Waals surface area contributed by atoms with Gasteiger partial charge in [-0.1, -0.05) is 26.3 Å². The van der Waals surface area contributed by atoms with E-state index < -0.39 is 0 Å². The second kappa shape index (κ2) is 6.32.